The Labute approximate surface area is 175 Å². The summed E-state index contributed by atoms with van der Waals surface area (Å²) in [4.78, 5) is 32.2. The number of anilines is 2. The molecule has 2 N–H and O–H groups in total. The van der Waals surface area contributed by atoms with E-state index < -0.39 is 17.6 Å². The Morgan fingerprint density at radius 3 is 2.70 bits per heavy atom. The summed E-state index contributed by atoms with van der Waals surface area (Å²) in [5, 5.41) is 14.2. The van der Waals surface area contributed by atoms with Crippen molar-refractivity contribution >= 4 is 34.1 Å². The van der Waals surface area contributed by atoms with Crippen molar-refractivity contribution < 1.29 is 14.0 Å². The van der Waals surface area contributed by atoms with E-state index in [1.807, 2.05) is 6.07 Å². The standard InChI is InChI=1S/C21H16FN5O2S/c1-3-18(28)26-19-17(22)8-15(10-24-19)14-6-4-5-13(7-14)12(2)20(29)27-21-25-11-16(9-23)30-21/h3-8,10-12H,1H2,2H3,(H,24,26,28)(H,25,27,29). The molecule has 0 fully saturated rings. The number of rotatable bonds is 6. The van der Waals surface area contributed by atoms with Crippen molar-refractivity contribution in [2.24, 2.45) is 0 Å². The third-order valence-electron chi connectivity index (χ3n) is 4.23. The topological polar surface area (TPSA) is 108 Å². The lowest BCUT2D eigenvalue weighted by molar-refractivity contribution is -0.117. The summed E-state index contributed by atoms with van der Waals surface area (Å²) in [6, 6.07) is 10.3. The smallest absolute Gasteiger partial charge is 0.248 e. The first-order chi connectivity index (χ1) is 14.4. The number of carbonyl (C=O) groups is 2. The zero-order valence-corrected chi connectivity index (χ0v) is 16.7. The molecule has 2 aromatic heterocycles. The summed E-state index contributed by atoms with van der Waals surface area (Å²) in [6.07, 6.45) is 3.86. The van der Waals surface area contributed by atoms with Crippen molar-refractivity contribution in [3.63, 3.8) is 0 Å². The predicted octanol–water partition coefficient (Wildman–Crippen LogP) is 4.08. The molecule has 0 spiro atoms. The molecular weight excluding hydrogens is 405 g/mol. The van der Waals surface area contributed by atoms with Gasteiger partial charge in [-0.2, -0.15) is 5.26 Å². The van der Waals surface area contributed by atoms with E-state index in [1.165, 1.54) is 18.5 Å². The number of nitrogens with zero attached hydrogens (tertiary/aromatic N) is 3. The number of thiazole rings is 1. The van der Waals surface area contributed by atoms with Crippen LogP contribution in [0.2, 0.25) is 0 Å². The molecule has 3 aromatic rings. The van der Waals surface area contributed by atoms with Crippen LogP contribution in [0.1, 0.15) is 23.3 Å². The fraction of sp³-hybridized carbons (Fsp3) is 0.0952. The summed E-state index contributed by atoms with van der Waals surface area (Å²) in [5.74, 6) is -2.22. The minimum atomic E-state index is -0.684. The molecule has 150 valence electrons. The highest BCUT2D eigenvalue weighted by Gasteiger charge is 2.18. The second-order valence-corrected chi connectivity index (χ2v) is 7.26. The lowest BCUT2D eigenvalue weighted by atomic mass is 9.96. The lowest BCUT2D eigenvalue weighted by Gasteiger charge is -2.13. The first-order valence-corrected chi connectivity index (χ1v) is 9.59. The molecule has 0 saturated carbocycles. The van der Waals surface area contributed by atoms with Crippen LogP contribution < -0.4 is 10.6 Å². The van der Waals surface area contributed by atoms with E-state index in [1.54, 1.807) is 31.2 Å². The van der Waals surface area contributed by atoms with E-state index in [4.69, 9.17) is 5.26 Å². The zero-order chi connectivity index (χ0) is 21.7. The van der Waals surface area contributed by atoms with E-state index in [-0.39, 0.29) is 11.7 Å². The van der Waals surface area contributed by atoms with Crippen LogP contribution in [0.3, 0.4) is 0 Å². The van der Waals surface area contributed by atoms with E-state index in [0.29, 0.717) is 26.7 Å². The maximum Gasteiger partial charge on any atom is 0.248 e. The molecule has 0 radical (unpaired) electrons. The average molecular weight is 421 g/mol. The van der Waals surface area contributed by atoms with Crippen molar-refractivity contribution in [3.8, 4) is 17.2 Å². The number of halogens is 1. The van der Waals surface area contributed by atoms with Crippen molar-refractivity contribution in [2.45, 2.75) is 12.8 Å². The monoisotopic (exact) mass is 421 g/mol. The van der Waals surface area contributed by atoms with Crippen LogP contribution in [0.4, 0.5) is 15.3 Å². The molecule has 0 bridgehead atoms. The van der Waals surface area contributed by atoms with Crippen LogP contribution in [-0.2, 0) is 9.59 Å². The molecule has 9 heteroatoms. The molecule has 7 nitrogen and oxygen atoms in total. The molecule has 1 aromatic carbocycles. The summed E-state index contributed by atoms with van der Waals surface area (Å²) in [6.45, 7) is 5.05. The second-order valence-electron chi connectivity index (χ2n) is 6.23. The van der Waals surface area contributed by atoms with E-state index in [0.717, 1.165) is 17.4 Å². The van der Waals surface area contributed by atoms with Gasteiger partial charge in [-0.05, 0) is 30.2 Å². The largest absolute Gasteiger partial charge is 0.305 e. The van der Waals surface area contributed by atoms with Gasteiger partial charge in [-0.25, -0.2) is 14.4 Å². The Morgan fingerprint density at radius 2 is 2.03 bits per heavy atom. The van der Waals surface area contributed by atoms with Gasteiger partial charge in [-0.15, -0.1) is 0 Å². The van der Waals surface area contributed by atoms with Crippen molar-refractivity contribution in [2.75, 3.05) is 10.6 Å². The lowest BCUT2D eigenvalue weighted by Crippen LogP contribution is -2.18. The summed E-state index contributed by atoms with van der Waals surface area (Å²) >= 11 is 1.09. The van der Waals surface area contributed by atoms with Crippen molar-refractivity contribution in [3.05, 3.63) is 71.6 Å². The Bertz CT molecular complexity index is 1170. The number of nitrogens with one attached hydrogen (secondary N) is 2. The van der Waals surface area contributed by atoms with Crippen LogP contribution in [0.15, 0.2) is 55.4 Å². The van der Waals surface area contributed by atoms with Gasteiger partial charge < -0.3 is 10.6 Å². The SMILES string of the molecule is C=CC(=O)Nc1ncc(-c2cccc(C(C)C(=O)Nc3ncc(C#N)s3)c2)cc1F. The number of pyridine rings is 1. The van der Waals surface area contributed by atoms with Crippen LogP contribution in [0.25, 0.3) is 11.1 Å². The van der Waals surface area contributed by atoms with Crippen LogP contribution in [0.5, 0.6) is 0 Å². The van der Waals surface area contributed by atoms with Crippen molar-refractivity contribution in [1.29, 1.82) is 5.26 Å². The molecule has 2 amide bonds. The van der Waals surface area contributed by atoms with Gasteiger partial charge in [0.15, 0.2) is 16.8 Å². The number of nitriles is 1. The Morgan fingerprint density at radius 1 is 1.23 bits per heavy atom. The highest BCUT2D eigenvalue weighted by molar-refractivity contribution is 7.16. The first kappa shape index (κ1) is 20.8. The highest BCUT2D eigenvalue weighted by atomic mass is 32.1. The van der Waals surface area contributed by atoms with Gasteiger partial charge in [0.1, 0.15) is 10.9 Å². The van der Waals surface area contributed by atoms with Crippen molar-refractivity contribution in [1.82, 2.24) is 9.97 Å². The quantitative estimate of drug-likeness (QED) is 0.583. The van der Waals surface area contributed by atoms with Crippen LogP contribution >= 0.6 is 11.3 Å². The number of hydrogen-bond donors (Lipinski definition) is 2. The molecule has 3 rings (SSSR count). The minimum absolute atomic E-state index is 0.187. The third kappa shape index (κ3) is 4.74. The number of benzene rings is 1. The molecule has 30 heavy (non-hydrogen) atoms. The fourth-order valence-electron chi connectivity index (χ4n) is 2.59. The second kappa shape index (κ2) is 9.07. The number of amides is 2. The molecule has 1 atom stereocenters. The Balaban J connectivity index is 1.79. The van der Waals surface area contributed by atoms with Gasteiger partial charge in [0.05, 0.1) is 12.1 Å². The molecule has 0 aliphatic rings. The van der Waals surface area contributed by atoms with Gasteiger partial charge in [-0.1, -0.05) is 42.2 Å². The van der Waals surface area contributed by atoms with Gasteiger partial charge in [0.25, 0.3) is 0 Å². The predicted molar refractivity (Wildman–Crippen MR) is 112 cm³/mol. The highest BCUT2D eigenvalue weighted by Crippen LogP contribution is 2.27. The Kier molecular flexibility index (Phi) is 6.29. The normalized spacial score (nSPS) is 11.2. The number of carbonyl (C=O) groups excluding carboxylic acids is 2. The number of aromatic nitrogens is 2. The van der Waals surface area contributed by atoms with Gasteiger partial charge in [0, 0.05) is 11.8 Å². The van der Waals surface area contributed by atoms with Gasteiger partial charge in [0.2, 0.25) is 11.8 Å². The average Bonchev–Trinajstić information content (AvgIpc) is 3.22. The summed E-state index contributed by atoms with van der Waals surface area (Å²) in [5.41, 5.74) is 1.88. The molecule has 0 aliphatic carbocycles. The maximum atomic E-state index is 14.3. The molecule has 0 saturated heterocycles. The van der Waals surface area contributed by atoms with E-state index >= 15 is 0 Å². The number of hydrogen-bond acceptors (Lipinski definition) is 6. The molecule has 2 heterocycles. The first-order valence-electron chi connectivity index (χ1n) is 8.77. The fourth-order valence-corrected chi connectivity index (χ4v) is 3.21. The van der Waals surface area contributed by atoms with Gasteiger partial charge in [-0.3, -0.25) is 9.59 Å². The maximum absolute atomic E-state index is 14.3. The molecule has 1 unspecified atom stereocenters. The minimum Gasteiger partial charge on any atom is -0.305 e. The van der Waals surface area contributed by atoms with Crippen LogP contribution in [0, 0.1) is 17.1 Å². The van der Waals surface area contributed by atoms with E-state index in [2.05, 4.69) is 27.2 Å². The van der Waals surface area contributed by atoms with Gasteiger partial charge >= 0.3 is 0 Å². The summed E-state index contributed by atoms with van der Waals surface area (Å²) in [7, 11) is 0. The zero-order valence-electron chi connectivity index (χ0n) is 15.8. The van der Waals surface area contributed by atoms with Crippen LogP contribution in [-0.4, -0.2) is 21.8 Å². The van der Waals surface area contributed by atoms with E-state index in [9.17, 15) is 14.0 Å². The Hall–Kier alpha value is -3.90. The summed E-state index contributed by atoms with van der Waals surface area (Å²) < 4.78 is 14.3. The third-order valence-corrected chi connectivity index (χ3v) is 5.04. The molecule has 0 aliphatic heterocycles. The molecular formula is C21H16FN5O2S.